The highest BCUT2D eigenvalue weighted by molar-refractivity contribution is 7.10. The number of nitrogens with two attached hydrogens (primary N) is 1. The number of nitrogens with zero attached hydrogens (tertiary/aromatic N) is 4. The molecular weight excluding hydrogens is 394 g/mol. The summed E-state index contributed by atoms with van der Waals surface area (Å²) in [5, 5.41) is 22.9. The zero-order chi connectivity index (χ0) is 21.3. The Morgan fingerprint density at radius 2 is 2.07 bits per heavy atom. The summed E-state index contributed by atoms with van der Waals surface area (Å²) in [7, 11) is 1.77. The quantitative estimate of drug-likeness (QED) is 0.294. The smallest absolute Gasteiger partial charge is 0.190 e. The van der Waals surface area contributed by atoms with Crippen LogP contribution >= 0.6 is 11.3 Å². The van der Waals surface area contributed by atoms with Crippen LogP contribution in [0.4, 0.5) is 5.82 Å². The molecule has 0 saturated carbocycles. The van der Waals surface area contributed by atoms with Gasteiger partial charge in [-0.15, -0.1) is 11.3 Å². The molecule has 3 rings (SSSR count). The van der Waals surface area contributed by atoms with Crippen molar-refractivity contribution in [2.45, 2.75) is 25.7 Å². The Morgan fingerprint density at radius 3 is 2.73 bits per heavy atom. The molecule has 0 aliphatic heterocycles. The van der Waals surface area contributed by atoms with E-state index in [0.29, 0.717) is 23.7 Å². The minimum atomic E-state index is 0.381. The first-order valence-corrected chi connectivity index (χ1v) is 10.8. The normalized spacial score (nSPS) is 12.4. The fraction of sp³-hybridized carbons (Fsp3) is 0.318. The molecule has 0 aliphatic carbocycles. The Labute approximate surface area is 181 Å². The van der Waals surface area contributed by atoms with Crippen LogP contribution in [-0.2, 0) is 6.42 Å². The van der Waals surface area contributed by atoms with E-state index in [-0.39, 0.29) is 0 Å². The number of guanidine groups is 1. The van der Waals surface area contributed by atoms with Crippen LogP contribution in [0.15, 0.2) is 52.8 Å². The van der Waals surface area contributed by atoms with Crippen molar-refractivity contribution in [1.29, 1.82) is 5.26 Å². The molecule has 7 nitrogen and oxygen atoms in total. The predicted octanol–water partition coefficient (Wildman–Crippen LogP) is 3.29. The fourth-order valence-electron chi connectivity index (χ4n) is 3.15. The molecule has 0 fully saturated rings. The number of para-hydroxylation sites is 1. The summed E-state index contributed by atoms with van der Waals surface area (Å²) >= 11 is 1.77. The van der Waals surface area contributed by atoms with E-state index in [2.05, 4.69) is 51.2 Å². The highest BCUT2D eigenvalue weighted by Crippen LogP contribution is 2.21. The van der Waals surface area contributed by atoms with Crippen LogP contribution in [0.5, 0.6) is 0 Å². The summed E-state index contributed by atoms with van der Waals surface area (Å²) in [5.74, 6) is 1.58. The molecule has 0 bridgehead atoms. The third-order valence-electron chi connectivity index (χ3n) is 4.82. The van der Waals surface area contributed by atoms with E-state index in [0.717, 1.165) is 36.9 Å². The van der Waals surface area contributed by atoms with Gasteiger partial charge in [0.2, 0.25) is 0 Å². The molecule has 1 unspecified atom stereocenters. The molecule has 0 spiro atoms. The van der Waals surface area contributed by atoms with Gasteiger partial charge in [0, 0.05) is 30.9 Å². The number of aryl methyl sites for hydroxylation is 1. The van der Waals surface area contributed by atoms with E-state index >= 15 is 0 Å². The average molecular weight is 422 g/mol. The van der Waals surface area contributed by atoms with Gasteiger partial charge in [-0.1, -0.05) is 31.2 Å². The Balaban J connectivity index is 1.52. The van der Waals surface area contributed by atoms with Crippen molar-refractivity contribution in [3.63, 3.8) is 0 Å². The number of benzene rings is 1. The van der Waals surface area contributed by atoms with Gasteiger partial charge in [-0.2, -0.15) is 10.4 Å². The van der Waals surface area contributed by atoms with Gasteiger partial charge in [0.1, 0.15) is 17.5 Å². The number of nitrogens with one attached hydrogen (secondary N) is 2. The second kappa shape index (κ2) is 10.5. The number of anilines is 1. The van der Waals surface area contributed by atoms with Crippen LogP contribution in [0.25, 0.3) is 5.69 Å². The van der Waals surface area contributed by atoms with Gasteiger partial charge in [0.15, 0.2) is 5.96 Å². The van der Waals surface area contributed by atoms with E-state index in [1.807, 2.05) is 30.3 Å². The van der Waals surface area contributed by atoms with Gasteiger partial charge >= 0.3 is 0 Å². The molecule has 4 N–H and O–H groups in total. The van der Waals surface area contributed by atoms with Gasteiger partial charge in [0.05, 0.1) is 11.4 Å². The largest absolute Gasteiger partial charge is 0.382 e. The lowest BCUT2D eigenvalue weighted by Gasteiger charge is -2.15. The number of rotatable bonds is 8. The molecule has 0 saturated heterocycles. The Bertz CT molecular complexity index is 1000. The van der Waals surface area contributed by atoms with Crippen molar-refractivity contribution in [2.75, 3.05) is 25.9 Å². The highest BCUT2D eigenvalue weighted by atomic mass is 32.1. The molecule has 156 valence electrons. The van der Waals surface area contributed by atoms with E-state index in [4.69, 9.17) is 5.73 Å². The number of aromatic nitrogens is 2. The van der Waals surface area contributed by atoms with Crippen molar-refractivity contribution in [2.24, 2.45) is 4.99 Å². The Morgan fingerprint density at radius 1 is 1.27 bits per heavy atom. The van der Waals surface area contributed by atoms with E-state index in [1.54, 1.807) is 23.1 Å². The van der Waals surface area contributed by atoms with Gasteiger partial charge in [0.25, 0.3) is 0 Å². The van der Waals surface area contributed by atoms with Crippen molar-refractivity contribution < 1.29 is 0 Å². The second-order valence-electron chi connectivity index (χ2n) is 6.97. The summed E-state index contributed by atoms with van der Waals surface area (Å²) in [6.07, 6.45) is 1.46. The van der Waals surface area contributed by atoms with Crippen LogP contribution in [0, 0.1) is 11.3 Å². The second-order valence-corrected chi connectivity index (χ2v) is 7.95. The van der Waals surface area contributed by atoms with Crippen LogP contribution in [0.3, 0.4) is 0 Å². The maximum atomic E-state index is 9.52. The summed E-state index contributed by atoms with van der Waals surface area (Å²) < 4.78 is 1.63. The van der Waals surface area contributed by atoms with Crippen LogP contribution < -0.4 is 16.4 Å². The lowest BCUT2D eigenvalue weighted by atomic mass is 10.1. The first-order valence-electron chi connectivity index (χ1n) is 9.94. The SMILES string of the molecule is CN=C(NCCCc1nn(-c2ccccc2)c(N)c1C#N)NCC(C)c1cccs1. The zero-order valence-corrected chi connectivity index (χ0v) is 18.1. The number of hydrogen-bond acceptors (Lipinski definition) is 5. The monoisotopic (exact) mass is 421 g/mol. The molecule has 8 heteroatoms. The molecule has 3 aromatic rings. The molecule has 30 heavy (non-hydrogen) atoms. The third kappa shape index (κ3) is 5.19. The van der Waals surface area contributed by atoms with Crippen LogP contribution in [0.2, 0.25) is 0 Å². The van der Waals surface area contributed by atoms with Crippen molar-refractivity contribution in [1.82, 2.24) is 20.4 Å². The lowest BCUT2D eigenvalue weighted by molar-refractivity contribution is 0.690. The molecule has 1 atom stereocenters. The standard InChI is InChI=1S/C22H27N7S/c1-16(20-11-7-13-30-20)15-27-22(25-2)26-12-6-10-19-18(14-23)21(24)29(28-19)17-8-4-3-5-9-17/h3-5,7-9,11,13,16H,6,10,12,15,24H2,1-2H3,(H2,25,26,27). The average Bonchev–Trinajstić information content (AvgIpc) is 3.42. The number of hydrogen-bond donors (Lipinski definition) is 3. The molecule has 0 aliphatic rings. The minimum Gasteiger partial charge on any atom is -0.382 e. The number of nitriles is 1. The molecular formula is C22H27N7S. The van der Waals surface area contributed by atoms with E-state index < -0.39 is 0 Å². The Kier molecular flexibility index (Phi) is 7.46. The third-order valence-corrected chi connectivity index (χ3v) is 5.92. The van der Waals surface area contributed by atoms with Crippen molar-refractivity contribution in [3.8, 4) is 11.8 Å². The fourth-order valence-corrected chi connectivity index (χ4v) is 3.93. The van der Waals surface area contributed by atoms with Crippen LogP contribution in [-0.4, -0.2) is 35.9 Å². The van der Waals surface area contributed by atoms with Gasteiger partial charge in [-0.3, -0.25) is 4.99 Å². The van der Waals surface area contributed by atoms with Crippen molar-refractivity contribution in [3.05, 3.63) is 64.0 Å². The zero-order valence-electron chi connectivity index (χ0n) is 17.3. The molecule has 0 radical (unpaired) electrons. The predicted molar refractivity (Wildman–Crippen MR) is 123 cm³/mol. The summed E-state index contributed by atoms with van der Waals surface area (Å²) in [6.45, 7) is 3.73. The van der Waals surface area contributed by atoms with E-state index in [9.17, 15) is 5.26 Å². The number of nitrogen functional groups attached to an aromatic ring is 1. The summed E-state index contributed by atoms with van der Waals surface area (Å²) in [4.78, 5) is 5.64. The molecule has 2 aromatic heterocycles. The Hall–Kier alpha value is -3.31. The van der Waals surface area contributed by atoms with Crippen molar-refractivity contribution >= 4 is 23.1 Å². The lowest BCUT2D eigenvalue weighted by Crippen LogP contribution is -2.39. The topological polar surface area (TPSA) is 104 Å². The van der Waals surface area contributed by atoms with Gasteiger partial charge in [-0.05, 0) is 36.4 Å². The first kappa shape index (κ1) is 21.4. The highest BCUT2D eigenvalue weighted by Gasteiger charge is 2.16. The molecule has 2 heterocycles. The van der Waals surface area contributed by atoms with Crippen LogP contribution in [0.1, 0.15) is 35.4 Å². The first-order chi connectivity index (χ1) is 14.6. The molecule has 1 aromatic carbocycles. The maximum Gasteiger partial charge on any atom is 0.190 e. The van der Waals surface area contributed by atoms with Gasteiger partial charge < -0.3 is 16.4 Å². The summed E-state index contributed by atoms with van der Waals surface area (Å²) in [5.41, 5.74) is 8.18. The van der Waals surface area contributed by atoms with E-state index in [1.165, 1.54) is 4.88 Å². The number of aliphatic imine (C=N–C) groups is 1. The molecule has 0 amide bonds. The minimum absolute atomic E-state index is 0.381. The number of thiophene rings is 1. The van der Waals surface area contributed by atoms with Gasteiger partial charge in [-0.25, -0.2) is 4.68 Å². The maximum absolute atomic E-state index is 9.52. The summed E-state index contributed by atoms with van der Waals surface area (Å²) in [6, 6.07) is 16.0.